The van der Waals surface area contributed by atoms with E-state index >= 15 is 0 Å². The molecule has 0 aliphatic heterocycles. The van der Waals surface area contributed by atoms with Crippen molar-refractivity contribution in [2.24, 2.45) is 0 Å². The van der Waals surface area contributed by atoms with Crippen molar-refractivity contribution >= 4 is 23.4 Å². The number of nitrogens with one attached hydrogen (secondary N) is 1. The van der Waals surface area contributed by atoms with E-state index < -0.39 is 5.56 Å². The van der Waals surface area contributed by atoms with Crippen LogP contribution in [0.25, 0.3) is 0 Å². The lowest BCUT2D eigenvalue weighted by Gasteiger charge is -2.19. The molecule has 0 unspecified atom stereocenters. The third kappa shape index (κ3) is 5.49. The average Bonchev–Trinajstić information content (AvgIpc) is 2.63. The summed E-state index contributed by atoms with van der Waals surface area (Å²) in [6.45, 7) is 2.95. The van der Waals surface area contributed by atoms with Crippen molar-refractivity contribution in [3.05, 3.63) is 46.4 Å². The Balaban J connectivity index is 1.69. The first-order valence-corrected chi connectivity index (χ1v) is 8.84. The summed E-state index contributed by atoms with van der Waals surface area (Å²) in [6, 6.07) is 10.1. The van der Waals surface area contributed by atoms with Gasteiger partial charge in [-0.25, -0.2) is 0 Å². The number of hydrogen-bond acceptors (Lipinski definition) is 7. The Morgan fingerprint density at radius 1 is 1.32 bits per heavy atom. The SMILES string of the molecule is Cc1nnc(SCC(=O)NCCCN(C)c2ccccc2)n(N)c1=O. The highest BCUT2D eigenvalue weighted by atomic mass is 32.2. The van der Waals surface area contributed by atoms with E-state index in [1.165, 1.54) is 6.92 Å². The first kappa shape index (κ1) is 18.8. The van der Waals surface area contributed by atoms with Gasteiger partial charge in [-0.3, -0.25) is 9.59 Å². The zero-order chi connectivity index (χ0) is 18.2. The van der Waals surface area contributed by atoms with E-state index in [2.05, 4.69) is 20.4 Å². The van der Waals surface area contributed by atoms with Crippen molar-refractivity contribution in [1.29, 1.82) is 0 Å². The van der Waals surface area contributed by atoms with Crippen LogP contribution in [0.2, 0.25) is 0 Å². The van der Waals surface area contributed by atoms with Crippen molar-refractivity contribution in [3.63, 3.8) is 0 Å². The number of nitrogens with zero attached hydrogens (tertiary/aromatic N) is 4. The second-order valence-electron chi connectivity index (χ2n) is 5.49. The first-order chi connectivity index (χ1) is 12.0. The predicted octanol–water partition coefficient (Wildman–Crippen LogP) is 0.395. The average molecular weight is 362 g/mol. The highest BCUT2D eigenvalue weighted by molar-refractivity contribution is 7.99. The number of benzene rings is 1. The molecule has 9 heteroatoms. The van der Waals surface area contributed by atoms with Gasteiger partial charge in [-0.05, 0) is 25.5 Å². The van der Waals surface area contributed by atoms with Crippen LogP contribution < -0.4 is 21.6 Å². The second kappa shape index (κ2) is 9.07. The molecule has 2 rings (SSSR count). The Morgan fingerprint density at radius 2 is 2.04 bits per heavy atom. The molecule has 2 aromatic rings. The van der Waals surface area contributed by atoms with E-state index in [0.717, 1.165) is 35.1 Å². The van der Waals surface area contributed by atoms with Crippen molar-refractivity contribution in [3.8, 4) is 0 Å². The fourth-order valence-electron chi connectivity index (χ4n) is 2.11. The molecule has 1 heterocycles. The van der Waals surface area contributed by atoms with Gasteiger partial charge in [0.15, 0.2) is 0 Å². The summed E-state index contributed by atoms with van der Waals surface area (Å²) >= 11 is 1.08. The van der Waals surface area contributed by atoms with Gasteiger partial charge in [0.05, 0.1) is 5.75 Å². The lowest BCUT2D eigenvalue weighted by Crippen LogP contribution is -2.33. The first-order valence-electron chi connectivity index (χ1n) is 7.86. The molecule has 1 amide bonds. The van der Waals surface area contributed by atoms with E-state index in [9.17, 15) is 9.59 Å². The Morgan fingerprint density at radius 3 is 2.76 bits per heavy atom. The highest BCUT2D eigenvalue weighted by Crippen LogP contribution is 2.11. The van der Waals surface area contributed by atoms with Gasteiger partial charge in [-0.2, -0.15) is 4.68 Å². The van der Waals surface area contributed by atoms with Crippen LogP contribution in [0.3, 0.4) is 0 Å². The third-order valence-corrected chi connectivity index (χ3v) is 4.48. The van der Waals surface area contributed by atoms with Gasteiger partial charge in [0, 0.05) is 25.8 Å². The molecule has 0 saturated carbocycles. The van der Waals surface area contributed by atoms with Crippen LogP contribution >= 0.6 is 11.8 Å². The monoisotopic (exact) mass is 362 g/mol. The Bertz CT molecular complexity index is 765. The second-order valence-corrected chi connectivity index (χ2v) is 6.43. The van der Waals surface area contributed by atoms with Crippen LogP contribution in [-0.2, 0) is 4.79 Å². The van der Waals surface area contributed by atoms with Gasteiger partial charge in [0.25, 0.3) is 5.56 Å². The summed E-state index contributed by atoms with van der Waals surface area (Å²) in [5.41, 5.74) is 0.948. The molecule has 3 N–H and O–H groups in total. The number of nitrogens with two attached hydrogens (primary N) is 1. The summed E-state index contributed by atoms with van der Waals surface area (Å²) < 4.78 is 0.912. The largest absolute Gasteiger partial charge is 0.375 e. The van der Waals surface area contributed by atoms with Crippen LogP contribution in [0.15, 0.2) is 40.3 Å². The zero-order valence-corrected chi connectivity index (χ0v) is 15.1. The maximum Gasteiger partial charge on any atom is 0.294 e. The summed E-state index contributed by atoms with van der Waals surface area (Å²) in [5, 5.41) is 10.6. The van der Waals surface area contributed by atoms with Crippen molar-refractivity contribution < 1.29 is 4.79 Å². The summed E-state index contributed by atoms with van der Waals surface area (Å²) in [6.07, 6.45) is 0.827. The van der Waals surface area contributed by atoms with Crippen molar-refractivity contribution in [2.75, 3.05) is 36.6 Å². The quantitative estimate of drug-likeness (QED) is 0.398. The molecule has 1 aromatic heterocycles. The maximum absolute atomic E-state index is 11.9. The Hall–Kier alpha value is -2.55. The Kier molecular flexibility index (Phi) is 6.81. The lowest BCUT2D eigenvalue weighted by atomic mass is 10.3. The smallest absolute Gasteiger partial charge is 0.294 e. The predicted molar refractivity (Wildman–Crippen MR) is 99.2 cm³/mol. The number of carbonyl (C=O) groups excluding carboxylic acids is 1. The van der Waals surface area contributed by atoms with E-state index in [1.54, 1.807) is 0 Å². The molecule has 134 valence electrons. The molecule has 0 atom stereocenters. The molecule has 0 aliphatic rings. The number of aromatic nitrogens is 3. The maximum atomic E-state index is 11.9. The van der Waals surface area contributed by atoms with Crippen LogP contribution in [0.5, 0.6) is 0 Å². The molecule has 0 radical (unpaired) electrons. The number of amides is 1. The van der Waals surface area contributed by atoms with Gasteiger partial charge in [-0.1, -0.05) is 30.0 Å². The van der Waals surface area contributed by atoms with Crippen LogP contribution in [-0.4, -0.2) is 46.7 Å². The van der Waals surface area contributed by atoms with Crippen LogP contribution in [0.1, 0.15) is 12.1 Å². The minimum absolute atomic E-state index is 0.128. The fourth-order valence-corrected chi connectivity index (χ4v) is 2.79. The molecule has 0 saturated heterocycles. The fraction of sp³-hybridized carbons (Fsp3) is 0.375. The van der Waals surface area contributed by atoms with Gasteiger partial charge in [0.1, 0.15) is 5.69 Å². The standard InChI is InChI=1S/C16H22N6O2S/c1-12-15(24)22(17)16(20-19-12)25-11-14(23)18-9-6-10-21(2)13-7-4-3-5-8-13/h3-5,7-8H,6,9-11,17H2,1-2H3,(H,18,23). The number of rotatable bonds is 8. The molecule has 8 nitrogen and oxygen atoms in total. The highest BCUT2D eigenvalue weighted by Gasteiger charge is 2.10. The number of hydrogen-bond donors (Lipinski definition) is 2. The van der Waals surface area contributed by atoms with E-state index in [0.29, 0.717) is 6.54 Å². The van der Waals surface area contributed by atoms with Crippen molar-refractivity contribution in [2.45, 2.75) is 18.5 Å². The molecule has 1 aromatic carbocycles. The van der Waals surface area contributed by atoms with Crippen LogP contribution in [0.4, 0.5) is 5.69 Å². The third-order valence-electron chi connectivity index (χ3n) is 3.54. The molecule has 0 bridgehead atoms. The van der Waals surface area contributed by atoms with Gasteiger partial charge < -0.3 is 16.1 Å². The number of para-hydroxylation sites is 1. The van der Waals surface area contributed by atoms with E-state index in [4.69, 9.17) is 5.84 Å². The number of anilines is 1. The molecular weight excluding hydrogens is 340 g/mol. The minimum atomic E-state index is -0.415. The molecule has 0 aliphatic carbocycles. The topological polar surface area (TPSA) is 106 Å². The summed E-state index contributed by atoms with van der Waals surface area (Å²) in [4.78, 5) is 25.6. The molecule has 25 heavy (non-hydrogen) atoms. The Labute approximate surface area is 150 Å². The number of aryl methyl sites for hydroxylation is 1. The van der Waals surface area contributed by atoms with Gasteiger partial charge in [0.2, 0.25) is 11.1 Å². The van der Waals surface area contributed by atoms with Gasteiger partial charge in [-0.15, -0.1) is 10.2 Å². The van der Waals surface area contributed by atoms with E-state index in [-0.39, 0.29) is 22.5 Å². The summed E-state index contributed by atoms with van der Waals surface area (Å²) in [7, 11) is 2.02. The van der Waals surface area contributed by atoms with Crippen LogP contribution in [0, 0.1) is 6.92 Å². The summed E-state index contributed by atoms with van der Waals surface area (Å²) in [5.74, 6) is 5.61. The molecular formula is C16H22N6O2S. The zero-order valence-electron chi connectivity index (χ0n) is 14.3. The van der Waals surface area contributed by atoms with Crippen molar-refractivity contribution in [1.82, 2.24) is 20.2 Å². The molecule has 0 fully saturated rings. The number of carbonyl (C=O) groups is 1. The minimum Gasteiger partial charge on any atom is -0.375 e. The number of thioether (sulfide) groups is 1. The van der Waals surface area contributed by atoms with E-state index in [1.807, 2.05) is 37.4 Å². The molecule has 0 spiro atoms. The lowest BCUT2D eigenvalue weighted by molar-refractivity contribution is -0.118. The normalized spacial score (nSPS) is 10.5. The number of nitrogen functional groups attached to an aromatic ring is 1. The van der Waals surface area contributed by atoms with Gasteiger partial charge >= 0.3 is 0 Å².